The summed E-state index contributed by atoms with van der Waals surface area (Å²) in [4.78, 5) is 26.7. The summed E-state index contributed by atoms with van der Waals surface area (Å²) in [5.41, 5.74) is 0. The van der Waals surface area contributed by atoms with Crippen LogP contribution in [0.25, 0.3) is 0 Å². The summed E-state index contributed by atoms with van der Waals surface area (Å²) >= 11 is 0. The van der Waals surface area contributed by atoms with Gasteiger partial charge in [-0.15, -0.1) is 0 Å². The van der Waals surface area contributed by atoms with E-state index in [1.807, 2.05) is 6.08 Å². The molecule has 1 saturated heterocycles. The minimum atomic E-state index is -1.63. The number of rotatable bonds is 62. The van der Waals surface area contributed by atoms with Crippen molar-refractivity contribution in [2.45, 2.75) is 346 Å². The Kier molecular flexibility index (Phi) is 61.4. The zero-order valence-electron chi connectivity index (χ0n) is 57.9. The van der Waals surface area contributed by atoms with Gasteiger partial charge in [-0.05, 0) is 116 Å². The molecular formula is C80H135NO10. The quantitative estimate of drug-likeness (QED) is 0.0195. The van der Waals surface area contributed by atoms with Crippen molar-refractivity contribution < 1.29 is 49.3 Å². The second-order valence-electron chi connectivity index (χ2n) is 24.9. The normalized spacial score (nSPS) is 18.8. The maximum atomic E-state index is 13.5. The Hall–Kier alpha value is -4.20. The summed E-state index contributed by atoms with van der Waals surface area (Å²) in [6, 6.07) is -1.04. The highest BCUT2D eigenvalue weighted by Gasteiger charge is 2.47. The predicted octanol–water partition coefficient (Wildman–Crippen LogP) is 19.5. The number of ether oxygens (including phenoxy) is 3. The maximum absolute atomic E-state index is 13.5. The van der Waals surface area contributed by atoms with Crippen molar-refractivity contribution in [2.24, 2.45) is 0 Å². The Morgan fingerprint density at radius 2 is 0.791 bits per heavy atom. The fourth-order valence-electron chi connectivity index (χ4n) is 10.8. The van der Waals surface area contributed by atoms with Gasteiger partial charge in [-0.25, -0.2) is 0 Å². The molecule has 8 atom stereocenters. The highest BCUT2D eigenvalue weighted by atomic mass is 16.7. The van der Waals surface area contributed by atoms with Crippen molar-refractivity contribution >= 4 is 11.9 Å². The molecule has 11 nitrogen and oxygen atoms in total. The zero-order valence-corrected chi connectivity index (χ0v) is 57.9. The van der Waals surface area contributed by atoms with Crippen molar-refractivity contribution in [1.29, 1.82) is 0 Å². The third-order valence-corrected chi connectivity index (χ3v) is 16.5. The molecule has 0 saturated carbocycles. The molecule has 0 radical (unpaired) electrons. The monoisotopic (exact) mass is 1270 g/mol. The number of aliphatic hydroxyl groups excluding tert-OH is 5. The van der Waals surface area contributed by atoms with Crippen LogP contribution in [0.3, 0.4) is 0 Å². The van der Waals surface area contributed by atoms with Gasteiger partial charge in [0.25, 0.3) is 0 Å². The Labute approximate surface area is 556 Å². The molecule has 0 aromatic carbocycles. The lowest BCUT2D eigenvalue weighted by molar-refractivity contribution is -0.305. The van der Waals surface area contributed by atoms with Gasteiger partial charge < -0.3 is 45.1 Å². The van der Waals surface area contributed by atoms with Crippen LogP contribution in [-0.4, -0.2) is 99.6 Å². The number of carbonyl (C=O) groups excluding carboxylic acids is 2. The standard InChI is InChI=1S/C80H135NO10/c1-4-7-10-13-16-19-22-24-26-28-30-32-34-36-38-39-41-43-45-47-49-52-55-58-61-64-67-73(84)79(88)81-71(72(83)66-63-60-57-54-51-21-18-15-12-9-6-3)70-89-80-78(77(87)76(86)74(69-82)90-80)91-75(85)68-65-62-59-56-53-50-48-46-44-42-40-37-35-33-31-29-27-25-23-20-17-14-11-8-5-2/h7-8,10-11,16-17,19-20,24-27,30-33,36-38,40,63,66,71-74,76-78,80,82-84,86-87H,4-6,9,12-15,18,21-23,28-29,34-35,39,41-62,64-65,67-70H2,1-3H3,(H,81,88)/b10-7-,11-8-,19-16-,20-17-,26-24-,27-25-,32-30-,33-31-,38-36-,40-37-,66-63+. The topological polar surface area (TPSA) is 175 Å². The van der Waals surface area contributed by atoms with Gasteiger partial charge in [0.05, 0.1) is 25.4 Å². The lowest BCUT2D eigenvalue weighted by Crippen LogP contribution is -2.61. The van der Waals surface area contributed by atoms with E-state index < -0.39 is 67.4 Å². The molecule has 1 aliphatic heterocycles. The molecule has 1 rings (SSSR count). The van der Waals surface area contributed by atoms with E-state index in [1.165, 1.54) is 103 Å². The molecule has 0 spiro atoms. The van der Waals surface area contributed by atoms with E-state index in [1.54, 1.807) is 6.08 Å². The fourth-order valence-corrected chi connectivity index (χ4v) is 10.8. The van der Waals surface area contributed by atoms with Gasteiger partial charge in [-0.2, -0.15) is 0 Å². The minimum Gasteiger partial charge on any atom is -0.454 e. The first kappa shape index (κ1) is 84.8. The average molecular weight is 1270 g/mol. The van der Waals surface area contributed by atoms with Crippen molar-refractivity contribution in [3.05, 3.63) is 134 Å². The first-order valence-corrected chi connectivity index (χ1v) is 37.0. The third kappa shape index (κ3) is 52.8. The van der Waals surface area contributed by atoms with Gasteiger partial charge in [0.2, 0.25) is 5.91 Å². The number of unbranched alkanes of at least 4 members (excludes halogenated alkanes) is 28. The molecule has 6 N–H and O–H groups in total. The molecule has 1 aliphatic rings. The maximum Gasteiger partial charge on any atom is 0.306 e. The molecule has 520 valence electrons. The van der Waals surface area contributed by atoms with E-state index in [2.05, 4.69) is 148 Å². The SMILES string of the molecule is CC/C=C\C/C=C\C/C=C\C/C=C\C/C=C\CCCCCCCCCCCCC(O)C(=O)NC(COC1OC(CO)C(O)C(O)C1OC(=O)CCCCCCCCCCC/C=C\C/C=C\C/C=C\C/C=C\C/C=C\CC)C(O)/C=C/CCCCCCCCCCC. The molecule has 0 aromatic rings. The number of esters is 1. The first-order chi connectivity index (χ1) is 44.7. The van der Waals surface area contributed by atoms with E-state index in [0.717, 1.165) is 148 Å². The van der Waals surface area contributed by atoms with Crippen LogP contribution in [0.1, 0.15) is 297 Å². The second-order valence-corrected chi connectivity index (χ2v) is 24.9. The van der Waals surface area contributed by atoms with E-state index in [-0.39, 0.29) is 19.4 Å². The summed E-state index contributed by atoms with van der Waals surface area (Å²) in [6.07, 6.45) is 83.5. The van der Waals surface area contributed by atoms with Crippen molar-refractivity contribution in [3.63, 3.8) is 0 Å². The second kappa shape index (κ2) is 65.8. The average Bonchev–Trinajstić information content (AvgIpc) is 1.02. The number of allylic oxidation sites excluding steroid dienone is 21. The van der Waals surface area contributed by atoms with Crippen LogP contribution in [0.4, 0.5) is 0 Å². The summed E-state index contributed by atoms with van der Waals surface area (Å²) < 4.78 is 17.7. The van der Waals surface area contributed by atoms with E-state index in [4.69, 9.17) is 14.2 Å². The van der Waals surface area contributed by atoms with Crippen LogP contribution >= 0.6 is 0 Å². The van der Waals surface area contributed by atoms with Crippen LogP contribution in [0.2, 0.25) is 0 Å². The number of amides is 1. The summed E-state index contributed by atoms with van der Waals surface area (Å²) in [5.74, 6) is -1.21. The molecular weight excluding hydrogens is 1130 g/mol. The Balaban J connectivity index is 2.54. The Morgan fingerprint density at radius 3 is 1.19 bits per heavy atom. The number of hydrogen-bond donors (Lipinski definition) is 6. The van der Waals surface area contributed by atoms with Crippen LogP contribution in [0, 0.1) is 0 Å². The molecule has 1 heterocycles. The lowest BCUT2D eigenvalue weighted by atomic mass is 9.99. The van der Waals surface area contributed by atoms with Crippen molar-refractivity contribution in [2.75, 3.05) is 13.2 Å². The first-order valence-electron chi connectivity index (χ1n) is 37.0. The molecule has 0 aliphatic carbocycles. The molecule has 1 amide bonds. The van der Waals surface area contributed by atoms with Gasteiger partial charge in [0.1, 0.15) is 24.4 Å². The van der Waals surface area contributed by atoms with E-state index >= 15 is 0 Å². The lowest BCUT2D eigenvalue weighted by Gasteiger charge is -2.41. The van der Waals surface area contributed by atoms with Crippen LogP contribution in [-0.2, 0) is 23.8 Å². The van der Waals surface area contributed by atoms with Crippen LogP contribution < -0.4 is 5.32 Å². The Morgan fingerprint density at radius 1 is 0.440 bits per heavy atom. The van der Waals surface area contributed by atoms with Crippen LogP contribution in [0.5, 0.6) is 0 Å². The zero-order chi connectivity index (χ0) is 66.0. The number of nitrogens with one attached hydrogen (secondary N) is 1. The highest BCUT2D eigenvalue weighted by Crippen LogP contribution is 2.26. The highest BCUT2D eigenvalue weighted by molar-refractivity contribution is 5.80. The molecule has 0 aromatic heterocycles. The number of carbonyl (C=O) groups is 2. The fraction of sp³-hybridized carbons (Fsp3) is 0.700. The van der Waals surface area contributed by atoms with E-state index in [0.29, 0.717) is 12.8 Å². The molecule has 91 heavy (non-hydrogen) atoms. The summed E-state index contributed by atoms with van der Waals surface area (Å²) in [6.45, 7) is 5.57. The minimum absolute atomic E-state index is 0.109. The van der Waals surface area contributed by atoms with Gasteiger partial charge in [0, 0.05) is 6.42 Å². The van der Waals surface area contributed by atoms with Gasteiger partial charge in [-0.3, -0.25) is 9.59 Å². The summed E-state index contributed by atoms with van der Waals surface area (Å²) in [5, 5.41) is 57.3. The van der Waals surface area contributed by atoms with Crippen LogP contribution in [0.15, 0.2) is 134 Å². The third-order valence-electron chi connectivity index (χ3n) is 16.5. The van der Waals surface area contributed by atoms with Gasteiger partial charge in [0.15, 0.2) is 12.4 Å². The van der Waals surface area contributed by atoms with Crippen molar-refractivity contribution in [3.8, 4) is 0 Å². The number of hydrogen-bond acceptors (Lipinski definition) is 10. The molecule has 11 heteroatoms. The predicted molar refractivity (Wildman–Crippen MR) is 384 cm³/mol. The van der Waals surface area contributed by atoms with Crippen molar-refractivity contribution in [1.82, 2.24) is 5.32 Å². The van der Waals surface area contributed by atoms with Gasteiger partial charge in [-0.1, -0.05) is 309 Å². The largest absolute Gasteiger partial charge is 0.454 e. The number of aliphatic hydroxyl groups is 5. The molecule has 8 unspecified atom stereocenters. The smallest absolute Gasteiger partial charge is 0.306 e. The Bertz CT molecular complexity index is 2000. The van der Waals surface area contributed by atoms with Gasteiger partial charge >= 0.3 is 5.97 Å². The molecule has 0 bridgehead atoms. The molecule has 1 fully saturated rings. The van der Waals surface area contributed by atoms with E-state index in [9.17, 15) is 35.1 Å². The summed E-state index contributed by atoms with van der Waals surface area (Å²) in [7, 11) is 0.